The Morgan fingerprint density at radius 1 is 1.17 bits per heavy atom. The number of nitrogens with zero attached hydrogens (tertiary/aromatic N) is 3. The first-order valence-corrected chi connectivity index (χ1v) is 10.8. The maximum atomic E-state index is 12.2. The molecule has 0 radical (unpaired) electrons. The molecule has 30 heavy (non-hydrogen) atoms. The van der Waals surface area contributed by atoms with E-state index in [0.29, 0.717) is 24.0 Å². The van der Waals surface area contributed by atoms with Crippen LogP contribution in [0.1, 0.15) is 12.0 Å². The molecule has 0 saturated heterocycles. The Bertz CT molecular complexity index is 955. The minimum Gasteiger partial charge on any atom is -0.497 e. The zero-order valence-corrected chi connectivity index (χ0v) is 17.9. The molecular weight excluding hydrogens is 396 g/mol. The largest absolute Gasteiger partial charge is 0.497 e. The molecule has 1 N–H and O–H groups in total. The predicted octanol–water partition coefficient (Wildman–Crippen LogP) is 3.98. The Morgan fingerprint density at radius 3 is 2.63 bits per heavy atom. The standard InChI is InChI=1S/C23H26N4O2S/c1-3-16-27-22(19-11-13-20(29-2)14-12-19)25-26-23(27)30-17-21(28)24-15-7-10-18-8-5-4-6-9-18/h3-6,8-9,11-14H,1,7,10,15-17H2,2H3,(H,24,28). The second-order valence-corrected chi connectivity index (χ2v) is 7.60. The molecule has 0 fully saturated rings. The van der Waals surface area contributed by atoms with Gasteiger partial charge in [-0.2, -0.15) is 0 Å². The van der Waals surface area contributed by atoms with E-state index in [1.165, 1.54) is 17.3 Å². The first-order chi connectivity index (χ1) is 14.7. The minimum absolute atomic E-state index is 0.00721. The zero-order valence-electron chi connectivity index (χ0n) is 17.1. The molecule has 0 saturated carbocycles. The van der Waals surface area contributed by atoms with Crippen molar-refractivity contribution in [3.05, 3.63) is 72.8 Å². The smallest absolute Gasteiger partial charge is 0.230 e. The van der Waals surface area contributed by atoms with Crippen LogP contribution in [-0.2, 0) is 17.8 Å². The maximum absolute atomic E-state index is 12.2. The fraction of sp³-hybridized carbons (Fsp3) is 0.261. The van der Waals surface area contributed by atoms with E-state index in [1.807, 2.05) is 47.0 Å². The number of hydrogen-bond acceptors (Lipinski definition) is 5. The van der Waals surface area contributed by atoms with Gasteiger partial charge in [-0.25, -0.2) is 0 Å². The van der Waals surface area contributed by atoms with Crippen LogP contribution >= 0.6 is 11.8 Å². The molecule has 6 nitrogen and oxygen atoms in total. The van der Waals surface area contributed by atoms with Gasteiger partial charge in [0, 0.05) is 18.7 Å². The van der Waals surface area contributed by atoms with E-state index < -0.39 is 0 Å². The van der Waals surface area contributed by atoms with Crippen LogP contribution in [0.3, 0.4) is 0 Å². The van der Waals surface area contributed by atoms with E-state index >= 15 is 0 Å². The van der Waals surface area contributed by atoms with Gasteiger partial charge < -0.3 is 10.1 Å². The number of benzene rings is 2. The van der Waals surface area contributed by atoms with Gasteiger partial charge in [0.25, 0.3) is 0 Å². The molecule has 0 bridgehead atoms. The van der Waals surface area contributed by atoms with Crippen LogP contribution in [0, 0.1) is 0 Å². The number of nitrogens with one attached hydrogen (secondary N) is 1. The summed E-state index contributed by atoms with van der Waals surface area (Å²) < 4.78 is 7.17. The lowest BCUT2D eigenvalue weighted by Crippen LogP contribution is -2.26. The van der Waals surface area contributed by atoms with Crippen LogP contribution in [0.4, 0.5) is 0 Å². The number of allylic oxidation sites excluding steroid dienone is 1. The van der Waals surface area contributed by atoms with Crippen LogP contribution in [0.15, 0.2) is 72.4 Å². The normalized spacial score (nSPS) is 10.6. The van der Waals surface area contributed by atoms with Crippen molar-refractivity contribution >= 4 is 17.7 Å². The lowest BCUT2D eigenvalue weighted by atomic mass is 10.1. The quantitative estimate of drug-likeness (QED) is 0.288. The molecule has 0 unspecified atom stereocenters. The Morgan fingerprint density at radius 2 is 1.93 bits per heavy atom. The predicted molar refractivity (Wildman–Crippen MR) is 121 cm³/mol. The highest BCUT2D eigenvalue weighted by molar-refractivity contribution is 7.99. The van der Waals surface area contributed by atoms with Gasteiger partial charge in [0.2, 0.25) is 5.91 Å². The van der Waals surface area contributed by atoms with Crippen LogP contribution in [0.2, 0.25) is 0 Å². The summed E-state index contributed by atoms with van der Waals surface area (Å²) in [6, 6.07) is 17.9. The van der Waals surface area contributed by atoms with Crippen LogP contribution in [0.5, 0.6) is 5.75 Å². The highest BCUT2D eigenvalue weighted by atomic mass is 32.2. The van der Waals surface area contributed by atoms with E-state index in [-0.39, 0.29) is 5.91 Å². The van der Waals surface area contributed by atoms with E-state index in [2.05, 4.69) is 34.2 Å². The number of carbonyl (C=O) groups excluding carboxylic acids is 1. The molecule has 3 aromatic rings. The van der Waals surface area contributed by atoms with Gasteiger partial charge in [0.05, 0.1) is 12.9 Å². The molecule has 0 atom stereocenters. The SMILES string of the molecule is C=CCn1c(SCC(=O)NCCCc2ccccc2)nnc1-c1ccc(OC)cc1. The number of rotatable bonds is 11. The van der Waals surface area contributed by atoms with E-state index in [4.69, 9.17) is 4.74 Å². The molecular formula is C23H26N4O2S. The molecule has 0 spiro atoms. The van der Waals surface area contributed by atoms with Crippen molar-refractivity contribution in [2.45, 2.75) is 24.5 Å². The number of ether oxygens (including phenoxy) is 1. The van der Waals surface area contributed by atoms with E-state index in [0.717, 1.165) is 30.0 Å². The second kappa shape index (κ2) is 11.2. The fourth-order valence-electron chi connectivity index (χ4n) is 2.99. The molecule has 3 rings (SSSR count). The molecule has 0 aliphatic carbocycles. The Labute approximate surface area is 181 Å². The molecule has 1 aromatic heterocycles. The summed E-state index contributed by atoms with van der Waals surface area (Å²) in [5.74, 6) is 1.81. The van der Waals surface area contributed by atoms with Crippen molar-refractivity contribution in [3.8, 4) is 17.1 Å². The summed E-state index contributed by atoms with van der Waals surface area (Å²) in [5.41, 5.74) is 2.21. The van der Waals surface area contributed by atoms with E-state index in [9.17, 15) is 4.79 Å². The monoisotopic (exact) mass is 422 g/mol. The Balaban J connectivity index is 1.53. The molecule has 2 aromatic carbocycles. The summed E-state index contributed by atoms with van der Waals surface area (Å²) in [6.45, 7) is 5.05. The number of methoxy groups -OCH3 is 1. The van der Waals surface area contributed by atoms with Crippen LogP contribution in [0.25, 0.3) is 11.4 Å². The van der Waals surface area contributed by atoms with Crippen molar-refractivity contribution < 1.29 is 9.53 Å². The molecule has 156 valence electrons. The van der Waals surface area contributed by atoms with Crippen molar-refractivity contribution in [2.24, 2.45) is 0 Å². The third kappa shape index (κ3) is 5.97. The summed E-state index contributed by atoms with van der Waals surface area (Å²) in [7, 11) is 1.64. The number of carbonyl (C=O) groups is 1. The number of aromatic nitrogens is 3. The third-order valence-electron chi connectivity index (χ3n) is 4.52. The number of thioether (sulfide) groups is 1. The van der Waals surface area contributed by atoms with Crippen molar-refractivity contribution in [3.63, 3.8) is 0 Å². The lowest BCUT2D eigenvalue weighted by molar-refractivity contribution is -0.118. The fourth-order valence-corrected chi connectivity index (χ4v) is 3.77. The van der Waals surface area contributed by atoms with Gasteiger partial charge in [-0.05, 0) is 42.7 Å². The van der Waals surface area contributed by atoms with Gasteiger partial charge in [-0.1, -0.05) is 48.2 Å². The number of aryl methyl sites for hydroxylation is 1. The lowest BCUT2D eigenvalue weighted by Gasteiger charge is -2.09. The summed E-state index contributed by atoms with van der Waals surface area (Å²) >= 11 is 1.38. The first kappa shape index (κ1) is 21.6. The molecule has 0 aliphatic heterocycles. The van der Waals surface area contributed by atoms with Gasteiger partial charge in [-0.3, -0.25) is 9.36 Å². The van der Waals surface area contributed by atoms with Gasteiger partial charge >= 0.3 is 0 Å². The third-order valence-corrected chi connectivity index (χ3v) is 5.48. The van der Waals surface area contributed by atoms with E-state index in [1.54, 1.807) is 13.2 Å². The molecule has 1 amide bonds. The van der Waals surface area contributed by atoms with Gasteiger partial charge in [-0.15, -0.1) is 16.8 Å². The Kier molecular flexibility index (Phi) is 8.09. The number of hydrogen-bond donors (Lipinski definition) is 1. The van der Waals surface area contributed by atoms with Crippen molar-refractivity contribution in [1.82, 2.24) is 20.1 Å². The van der Waals surface area contributed by atoms with Crippen LogP contribution < -0.4 is 10.1 Å². The highest BCUT2D eigenvalue weighted by Crippen LogP contribution is 2.25. The molecule has 0 aliphatic rings. The van der Waals surface area contributed by atoms with Gasteiger partial charge in [0.15, 0.2) is 11.0 Å². The maximum Gasteiger partial charge on any atom is 0.230 e. The van der Waals surface area contributed by atoms with Crippen molar-refractivity contribution in [1.29, 1.82) is 0 Å². The average Bonchev–Trinajstić information content (AvgIpc) is 3.19. The minimum atomic E-state index is -0.00721. The first-order valence-electron chi connectivity index (χ1n) is 9.83. The average molecular weight is 423 g/mol. The topological polar surface area (TPSA) is 69.0 Å². The Hall–Kier alpha value is -3.06. The number of amides is 1. The molecule has 1 heterocycles. The second-order valence-electron chi connectivity index (χ2n) is 6.66. The zero-order chi connectivity index (χ0) is 21.2. The highest BCUT2D eigenvalue weighted by Gasteiger charge is 2.15. The summed E-state index contributed by atoms with van der Waals surface area (Å²) in [4.78, 5) is 12.2. The van der Waals surface area contributed by atoms with Crippen LogP contribution in [-0.4, -0.2) is 40.1 Å². The summed E-state index contributed by atoms with van der Waals surface area (Å²) in [6.07, 6.45) is 3.66. The summed E-state index contributed by atoms with van der Waals surface area (Å²) in [5, 5.41) is 12.3. The molecule has 7 heteroatoms. The van der Waals surface area contributed by atoms with Crippen molar-refractivity contribution in [2.75, 3.05) is 19.4 Å². The van der Waals surface area contributed by atoms with Gasteiger partial charge in [0.1, 0.15) is 5.75 Å².